The molecule has 1 aromatic rings. The molecule has 0 bridgehead atoms. The third-order valence-corrected chi connectivity index (χ3v) is 2.01. The van der Waals surface area contributed by atoms with Crippen LogP contribution in [0.3, 0.4) is 0 Å². The maximum atomic E-state index is 11.3. The van der Waals surface area contributed by atoms with Crippen LogP contribution in [-0.2, 0) is 4.79 Å². The van der Waals surface area contributed by atoms with E-state index in [2.05, 4.69) is 5.32 Å². The van der Waals surface area contributed by atoms with Gasteiger partial charge >= 0.3 is 0 Å². The van der Waals surface area contributed by atoms with Gasteiger partial charge in [0.1, 0.15) is 11.5 Å². The first-order chi connectivity index (χ1) is 8.06. The van der Waals surface area contributed by atoms with Crippen molar-refractivity contribution < 1.29 is 14.3 Å². The van der Waals surface area contributed by atoms with Crippen LogP contribution < -0.4 is 20.5 Å². The number of anilines is 1. The molecule has 0 aliphatic rings. The summed E-state index contributed by atoms with van der Waals surface area (Å²) in [6, 6.07) is 5.23. The summed E-state index contributed by atoms with van der Waals surface area (Å²) in [6.07, 6.45) is 0.0249. The predicted molar refractivity (Wildman–Crippen MR) is 66.4 cm³/mol. The van der Waals surface area contributed by atoms with Gasteiger partial charge in [-0.1, -0.05) is 0 Å². The number of carbonyl (C=O) groups is 1. The molecule has 3 N–H and O–H groups in total. The minimum atomic E-state index is -0.271. The van der Waals surface area contributed by atoms with Gasteiger partial charge in [0.25, 0.3) is 0 Å². The fourth-order valence-corrected chi connectivity index (χ4v) is 1.29. The Labute approximate surface area is 101 Å². The van der Waals surface area contributed by atoms with Crippen LogP contribution >= 0.6 is 0 Å². The van der Waals surface area contributed by atoms with Crippen molar-refractivity contribution in [2.24, 2.45) is 5.73 Å². The van der Waals surface area contributed by atoms with Crippen molar-refractivity contribution in [3.05, 3.63) is 18.2 Å². The van der Waals surface area contributed by atoms with Crippen LogP contribution in [0.1, 0.15) is 13.8 Å². The Balaban J connectivity index is 2.98. The summed E-state index contributed by atoms with van der Waals surface area (Å²) in [5.74, 6) is 0.975. The average Bonchev–Trinajstić information content (AvgIpc) is 2.30. The van der Waals surface area contributed by atoms with E-state index in [9.17, 15) is 4.79 Å². The zero-order valence-corrected chi connectivity index (χ0v) is 10.3. The van der Waals surface area contributed by atoms with Crippen molar-refractivity contribution in [1.29, 1.82) is 0 Å². The van der Waals surface area contributed by atoms with E-state index in [1.165, 1.54) is 0 Å². The van der Waals surface area contributed by atoms with E-state index in [1.807, 2.05) is 13.8 Å². The lowest BCUT2D eigenvalue weighted by molar-refractivity contribution is -0.114. The Morgan fingerprint density at radius 2 is 2.18 bits per heavy atom. The number of carbonyl (C=O) groups excluding carboxylic acids is 1. The van der Waals surface area contributed by atoms with Gasteiger partial charge in [0.2, 0.25) is 5.91 Å². The molecule has 0 radical (unpaired) electrons. The highest BCUT2D eigenvalue weighted by Crippen LogP contribution is 2.29. The summed E-state index contributed by atoms with van der Waals surface area (Å²) in [5.41, 5.74) is 5.82. The van der Waals surface area contributed by atoms with Gasteiger partial charge in [-0.05, 0) is 26.0 Å². The lowest BCUT2D eigenvalue weighted by Crippen LogP contribution is -2.22. The fraction of sp³-hybridized carbons (Fsp3) is 0.417. The van der Waals surface area contributed by atoms with Crippen LogP contribution in [0.15, 0.2) is 18.2 Å². The van der Waals surface area contributed by atoms with Gasteiger partial charge in [0, 0.05) is 6.07 Å². The molecule has 0 saturated carbocycles. The van der Waals surface area contributed by atoms with Crippen molar-refractivity contribution in [3.8, 4) is 11.5 Å². The van der Waals surface area contributed by atoms with Gasteiger partial charge in [-0.15, -0.1) is 0 Å². The van der Waals surface area contributed by atoms with E-state index >= 15 is 0 Å². The Morgan fingerprint density at radius 1 is 1.47 bits per heavy atom. The highest BCUT2D eigenvalue weighted by atomic mass is 16.5. The quantitative estimate of drug-likeness (QED) is 0.812. The van der Waals surface area contributed by atoms with Crippen LogP contribution in [0.5, 0.6) is 11.5 Å². The molecule has 0 heterocycles. The summed E-state index contributed by atoms with van der Waals surface area (Å²) in [5, 5.41) is 2.67. The summed E-state index contributed by atoms with van der Waals surface area (Å²) in [4.78, 5) is 11.3. The minimum absolute atomic E-state index is 0.0249. The Kier molecular flexibility index (Phi) is 4.78. The number of rotatable bonds is 5. The third-order valence-electron chi connectivity index (χ3n) is 2.01. The SMILES string of the molecule is COc1ccc(OC(C)C)c(NC(=O)CN)c1. The monoisotopic (exact) mass is 238 g/mol. The van der Waals surface area contributed by atoms with E-state index < -0.39 is 0 Å². The molecule has 17 heavy (non-hydrogen) atoms. The van der Waals surface area contributed by atoms with E-state index in [0.717, 1.165) is 0 Å². The first-order valence-corrected chi connectivity index (χ1v) is 5.41. The lowest BCUT2D eigenvalue weighted by Gasteiger charge is -2.15. The van der Waals surface area contributed by atoms with Crippen molar-refractivity contribution in [2.45, 2.75) is 20.0 Å². The van der Waals surface area contributed by atoms with Crippen molar-refractivity contribution in [2.75, 3.05) is 19.0 Å². The lowest BCUT2D eigenvalue weighted by atomic mass is 10.2. The highest BCUT2D eigenvalue weighted by molar-refractivity contribution is 5.93. The number of benzene rings is 1. The Hall–Kier alpha value is -1.75. The molecule has 0 aromatic heterocycles. The summed E-state index contributed by atoms with van der Waals surface area (Å²) in [6.45, 7) is 3.76. The van der Waals surface area contributed by atoms with E-state index in [1.54, 1.807) is 25.3 Å². The molecule has 0 atom stereocenters. The van der Waals surface area contributed by atoms with Gasteiger partial charge in [0.15, 0.2) is 0 Å². The maximum Gasteiger partial charge on any atom is 0.238 e. The molecule has 0 saturated heterocycles. The molecule has 1 amide bonds. The Morgan fingerprint density at radius 3 is 2.71 bits per heavy atom. The molecule has 0 unspecified atom stereocenters. The van der Waals surface area contributed by atoms with Crippen molar-refractivity contribution in [3.63, 3.8) is 0 Å². The zero-order chi connectivity index (χ0) is 12.8. The topological polar surface area (TPSA) is 73.6 Å². The molecular weight excluding hydrogens is 220 g/mol. The van der Waals surface area contributed by atoms with E-state index in [4.69, 9.17) is 15.2 Å². The average molecular weight is 238 g/mol. The summed E-state index contributed by atoms with van der Waals surface area (Å²) < 4.78 is 10.7. The number of hydrogen-bond acceptors (Lipinski definition) is 4. The van der Waals surface area contributed by atoms with Crippen LogP contribution in [0.25, 0.3) is 0 Å². The number of methoxy groups -OCH3 is 1. The van der Waals surface area contributed by atoms with Gasteiger partial charge in [-0.2, -0.15) is 0 Å². The maximum absolute atomic E-state index is 11.3. The molecule has 1 aromatic carbocycles. The van der Waals surface area contributed by atoms with Crippen LogP contribution in [-0.4, -0.2) is 25.7 Å². The third kappa shape index (κ3) is 3.96. The smallest absolute Gasteiger partial charge is 0.238 e. The van der Waals surface area contributed by atoms with Gasteiger partial charge < -0.3 is 20.5 Å². The highest BCUT2D eigenvalue weighted by Gasteiger charge is 2.09. The van der Waals surface area contributed by atoms with Gasteiger partial charge in [-0.3, -0.25) is 4.79 Å². The molecule has 0 aliphatic heterocycles. The minimum Gasteiger partial charge on any atom is -0.497 e. The number of nitrogens with two attached hydrogens (primary N) is 1. The summed E-state index contributed by atoms with van der Waals surface area (Å²) >= 11 is 0. The van der Waals surface area contributed by atoms with Crippen molar-refractivity contribution in [1.82, 2.24) is 0 Å². The number of amides is 1. The molecule has 0 aliphatic carbocycles. The Bertz CT molecular complexity index is 391. The number of nitrogens with one attached hydrogen (secondary N) is 1. The fourth-order valence-electron chi connectivity index (χ4n) is 1.29. The van der Waals surface area contributed by atoms with Gasteiger partial charge in [-0.25, -0.2) is 0 Å². The molecule has 5 nitrogen and oxygen atoms in total. The molecular formula is C12H18N2O3. The molecule has 5 heteroatoms. The van der Waals surface area contributed by atoms with Crippen LogP contribution in [0, 0.1) is 0 Å². The van der Waals surface area contributed by atoms with E-state index in [-0.39, 0.29) is 18.6 Å². The number of ether oxygens (including phenoxy) is 2. The largest absolute Gasteiger partial charge is 0.497 e. The molecule has 94 valence electrons. The first-order valence-electron chi connectivity index (χ1n) is 5.41. The van der Waals surface area contributed by atoms with Gasteiger partial charge in [0.05, 0.1) is 25.4 Å². The zero-order valence-electron chi connectivity index (χ0n) is 10.3. The standard InChI is InChI=1S/C12H18N2O3/c1-8(2)17-11-5-4-9(16-3)6-10(11)14-12(15)7-13/h4-6,8H,7,13H2,1-3H3,(H,14,15). The second-order valence-corrected chi connectivity index (χ2v) is 3.78. The number of hydrogen-bond donors (Lipinski definition) is 2. The second-order valence-electron chi connectivity index (χ2n) is 3.78. The van der Waals surface area contributed by atoms with Crippen LogP contribution in [0.2, 0.25) is 0 Å². The van der Waals surface area contributed by atoms with E-state index in [0.29, 0.717) is 17.2 Å². The second kappa shape index (κ2) is 6.10. The first kappa shape index (κ1) is 13.3. The predicted octanol–water partition coefficient (Wildman–Crippen LogP) is 1.38. The summed E-state index contributed by atoms with van der Waals surface area (Å²) in [7, 11) is 1.56. The molecule has 0 spiro atoms. The van der Waals surface area contributed by atoms with Crippen LogP contribution in [0.4, 0.5) is 5.69 Å². The van der Waals surface area contributed by atoms with Crippen molar-refractivity contribution >= 4 is 11.6 Å². The molecule has 0 fully saturated rings. The molecule has 1 rings (SSSR count). The normalized spacial score (nSPS) is 10.2.